The lowest BCUT2D eigenvalue weighted by molar-refractivity contribution is -0.140. The second-order valence-corrected chi connectivity index (χ2v) is 10.1. The van der Waals surface area contributed by atoms with Crippen LogP contribution in [-0.2, 0) is 18.8 Å². The molecule has 0 radical (unpaired) electrons. The molecule has 38 heavy (non-hydrogen) atoms. The molecule has 0 aliphatic heterocycles. The fraction of sp³-hybridized carbons (Fsp3) is 0.276. The molecule has 0 spiro atoms. The lowest BCUT2D eigenvalue weighted by Gasteiger charge is -2.20. The third kappa shape index (κ3) is 4.21. The molecule has 0 atom stereocenters. The van der Waals surface area contributed by atoms with Gasteiger partial charge in [0.25, 0.3) is 0 Å². The average Bonchev–Trinajstić information content (AvgIpc) is 3.30. The quantitative estimate of drug-likeness (QED) is 0.252. The van der Waals surface area contributed by atoms with Gasteiger partial charge in [-0.25, -0.2) is 15.0 Å². The first-order chi connectivity index (χ1) is 18.1. The monoisotopic (exact) mass is 517 g/mol. The zero-order valence-corrected chi connectivity index (χ0v) is 21.2. The molecule has 3 heterocycles. The number of aromatic nitrogens is 4. The first-order valence-corrected chi connectivity index (χ1v) is 12.5. The number of halogens is 3. The number of aryl methyl sites for hydroxylation is 1. The summed E-state index contributed by atoms with van der Waals surface area (Å²) in [6.07, 6.45) is -0.0968. The average molecular weight is 518 g/mol. The molecule has 194 valence electrons. The van der Waals surface area contributed by atoms with Gasteiger partial charge in [-0.15, -0.1) is 0 Å². The highest BCUT2D eigenvalue weighted by Crippen LogP contribution is 2.49. The van der Waals surface area contributed by atoms with Crippen LogP contribution >= 0.6 is 0 Å². The van der Waals surface area contributed by atoms with Gasteiger partial charge in [0.15, 0.2) is 22.9 Å². The SMILES string of the molecule is CC(C)c1ccccc1-c1nc(NC2(c3ccc(-c4nc(C(F)(F)F)cn4C)cc3)CC2)c2occc2n1. The summed E-state index contributed by atoms with van der Waals surface area (Å²) in [5.74, 6) is 1.83. The van der Waals surface area contributed by atoms with Gasteiger partial charge in [0.2, 0.25) is 0 Å². The number of hydrogen-bond donors (Lipinski definition) is 1. The molecule has 3 aromatic heterocycles. The van der Waals surface area contributed by atoms with Gasteiger partial charge in [-0.1, -0.05) is 62.4 Å². The summed E-state index contributed by atoms with van der Waals surface area (Å²) in [5, 5.41) is 3.61. The van der Waals surface area contributed by atoms with Gasteiger partial charge in [0, 0.05) is 30.4 Å². The highest BCUT2D eigenvalue weighted by molar-refractivity contribution is 5.86. The van der Waals surface area contributed by atoms with Crippen molar-refractivity contribution in [3.05, 3.63) is 83.9 Å². The number of benzene rings is 2. The van der Waals surface area contributed by atoms with Crippen molar-refractivity contribution in [3.8, 4) is 22.8 Å². The first kappa shape index (κ1) is 24.2. The molecule has 5 aromatic rings. The molecule has 2 aromatic carbocycles. The van der Waals surface area contributed by atoms with Gasteiger partial charge in [0.05, 0.1) is 11.8 Å². The summed E-state index contributed by atoms with van der Waals surface area (Å²) < 4.78 is 46.5. The molecule has 9 heteroatoms. The van der Waals surface area contributed by atoms with E-state index in [0.717, 1.165) is 35.7 Å². The number of nitrogens with zero attached hydrogens (tertiary/aromatic N) is 4. The minimum atomic E-state index is -4.48. The van der Waals surface area contributed by atoms with E-state index in [1.807, 2.05) is 48.5 Å². The zero-order valence-electron chi connectivity index (χ0n) is 21.2. The maximum Gasteiger partial charge on any atom is 0.434 e. The predicted octanol–water partition coefficient (Wildman–Crippen LogP) is 7.53. The Hall–Kier alpha value is -4.14. The Kier molecular flexibility index (Phi) is 5.55. The van der Waals surface area contributed by atoms with Crippen molar-refractivity contribution in [3.63, 3.8) is 0 Å². The Labute approximate surface area is 217 Å². The lowest BCUT2D eigenvalue weighted by atomic mass is 9.97. The summed E-state index contributed by atoms with van der Waals surface area (Å²) in [4.78, 5) is 13.5. The molecule has 1 aliphatic rings. The first-order valence-electron chi connectivity index (χ1n) is 12.5. The van der Waals surface area contributed by atoms with Gasteiger partial charge in [-0.3, -0.25) is 0 Å². The Morgan fingerprint density at radius 2 is 1.71 bits per heavy atom. The fourth-order valence-corrected chi connectivity index (χ4v) is 4.92. The molecular weight excluding hydrogens is 491 g/mol. The number of imidazole rings is 1. The smallest absolute Gasteiger partial charge is 0.434 e. The van der Waals surface area contributed by atoms with E-state index in [0.29, 0.717) is 28.7 Å². The number of alkyl halides is 3. The van der Waals surface area contributed by atoms with Crippen molar-refractivity contribution < 1.29 is 17.6 Å². The van der Waals surface area contributed by atoms with E-state index in [-0.39, 0.29) is 11.4 Å². The zero-order chi connectivity index (χ0) is 26.7. The molecule has 6 rings (SSSR count). The Bertz CT molecular complexity index is 1630. The van der Waals surface area contributed by atoms with Gasteiger partial charge < -0.3 is 14.3 Å². The molecule has 1 fully saturated rings. The van der Waals surface area contributed by atoms with Crippen molar-refractivity contribution in [1.29, 1.82) is 0 Å². The summed E-state index contributed by atoms with van der Waals surface area (Å²) in [6, 6.07) is 17.5. The number of anilines is 1. The van der Waals surface area contributed by atoms with Gasteiger partial charge >= 0.3 is 6.18 Å². The third-order valence-corrected chi connectivity index (χ3v) is 7.10. The van der Waals surface area contributed by atoms with E-state index in [1.165, 1.54) is 10.1 Å². The molecule has 1 N–H and O–H groups in total. The van der Waals surface area contributed by atoms with Crippen molar-refractivity contribution >= 4 is 16.9 Å². The van der Waals surface area contributed by atoms with E-state index >= 15 is 0 Å². The molecular formula is C29H26F3N5O. The minimum Gasteiger partial charge on any atom is -0.459 e. The van der Waals surface area contributed by atoms with Crippen LogP contribution in [0.5, 0.6) is 0 Å². The van der Waals surface area contributed by atoms with Crippen LogP contribution in [0.1, 0.15) is 49.4 Å². The number of nitrogens with one attached hydrogen (secondary N) is 1. The topological polar surface area (TPSA) is 68.8 Å². The highest BCUT2D eigenvalue weighted by atomic mass is 19.4. The number of rotatable bonds is 6. The summed E-state index contributed by atoms with van der Waals surface area (Å²) >= 11 is 0. The van der Waals surface area contributed by atoms with Crippen molar-refractivity contribution in [2.45, 2.75) is 44.3 Å². The van der Waals surface area contributed by atoms with Crippen molar-refractivity contribution in [2.24, 2.45) is 7.05 Å². The Balaban J connectivity index is 1.34. The van der Waals surface area contributed by atoms with E-state index in [2.05, 4.69) is 30.2 Å². The summed E-state index contributed by atoms with van der Waals surface area (Å²) in [6.45, 7) is 4.29. The van der Waals surface area contributed by atoms with Gasteiger partial charge in [-0.05, 0) is 29.9 Å². The van der Waals surface area contributed by atoms with Gasteiger partial charge in [-0.2, -0.15) is 13.2 Å². The van der Waals surface area contributed by atoms with Crippen LogP contribution < -0.4 is 5.32 Å². The number of fused-ring (bicyclic) bond motifs is 1. The van der Waals surface area contributed by atoms with Crippen LogP contribution in [-0.4, -0.2) is 19.5 Å². The van der Waals surface area contributed by atoms with Crippen LogP contribution in [0.2, 0.25) is 0 Å². The summed E-state index contributed by atoms with van der Waals surface area (Å²) in [5.41, 5.74) is 3.85. The maximum absolute atomic E-state index is 13.1. The second-order valence-electron chi connectivity index (χ2n) is 10.1. The van der Waals surface area contributed by atoms with E-state index in [4.69, 9.17) is 14.4 Å². The van der Waals surface area contributed by atoms with E-state index < -0.39 is 11.9 Å². The summed E-state index contributed by atoms with van der Waals surface area (Å²) in [7, 11) is 1.56. The molecule has 0 amide bonds. The van der Waals surface area contributed by atoms with Crippen LogP contribution in [0.15, 0.2) is 71.5 Å². The van der Waals surface area contributed by atoms with Crippen LogP contribution in [0.3, 0.4) is 0 Å². The molecule has 1 aliphatic carbocycles. The Morgan fingerprint density at radius 3 is 2.37 bits per heavy atom. The Morgan fingerprint density at radius 1 is 0.974 bits per heavy atom. The molecule has 0 saturated heterocycles. The fourth-order valence-electron chi connectivity index (χ4n) is 4.92. The highest BCUT2D eigenvalue weighted by Gasteiger charge is 2.45. The molecule has 0 bridgehead atoms. The molecule has 6 nitrogen and oxygen atoms in total. The predicted molar refractivity (Wildman–Crippen MR) is 140 cm³/mol. The van der Waals surface area contributed by atoms with Crippen LogP contribution in [0, 0.1) is 0 Å². The standard InChI is InChI=1S/C29H26F3N5O/c1-17(2)20-6-4-5-7-21(20)25-33-22-12-15-38-24(22)26(35-25)36-28(13-14-28)19-10-8-18(9-11-19)27-34-23(16-37(27)3)29(30,31)32/h4-12,15-17H,13-14H2,1-3H3,(H,33,35,36). The second kappa shape index (κ2) is 8.72. The van der Waals surface area contributed by atoms with E-state index in [1.54, 1.807) is 13.3 Å². The normalized spacial score (nSPS) is 14.8. The third-order valence-electron chi connectivity index (χ3n) is 7.10. The number of furan rings is 1. The van der Waals surface area contributed by atoms with Crippen LogP contribution in [0.4, 0.5) is 19.0 Å². The van der Waals surface area contributed by atoms with Crippen molar-refractivity contribution in [2.75, 3.05) is 5.32 Å². The largest absolute Gasteiger partial charge is 0.459 e. The molecule has 1 saturated carbocycles. The maximum atomic E-state index is 13.1. The lowest BCUT2D eigenvalue weighted by Crippen LogP contribution is -2.20. The van der Waals surface area contributed by atoms with Gasteiger partial charge in [0.1, 0.15) is 11.3 Å². The van der Waals surface area contributed by atoms with E-state index in [9.17, 15) is 13.2 Å². The molecule has 0 unspecified atom stereocenters. The minimum absolute atomic E-state index is 0.267. The van der Waals surface area contributed by atoms with Crippen LogP contribution in [0.25, 0.3) is 33.9 Å². The van der Waals surface area contributed by atoms with Crippen molar-refractivity contribution in [1.82, 2.24) is 19.5 Å². The number of hydrogen-bond acceptors (Lipinski definition) is 5.